The summed E-state index contributed by atoms with van der Waals surface area (Å²) in [5.41, 5.74) is 6.89. The predicted octanol–water partition coefficient (Wildman–Crippen LogP) is 3.08. The molecule has 0 fully saturated rings. The standard InChI is InChI=1S/C30H42FN5O6S/c1-8-20(18-9-11-19(31)12-10-18)25(37)36-29-21(30(41)42-7)17(6)24(43-29)28(40)34-14-13-33-27(39)23(16(4)5)35-26(38)22(32)15(2)3/h9-12,15-16,20,22-23H,8,13-14,32H2,1-7H3,(H,33,39)(H,34,40)(H,35,38)(H,36,37)/t20?,22-,23-/m1/s1. The van der Waals surface area contributed by atoms with Crippen LogP contribution in [0.2, 0.25) is 0 Å². The largest absolute Gasteiger partial charge is 0.465 e. The molecule has 3 atom stereocenters. The Bertz CT molecular complexity index is 1310. The molecule has 1 heterocycles. The van der Waals surface area contributed by atoms with Crippen molar-refractivity contribution in [1.29, 1.82) is 0 Å². The summed E-state index contributed by atoms with van der Waals surface area (Å²) >= 11 is 0.925. The lowest BCUT2D eigenvalue weighted by atomic mass is 9.95. The van der Waals surface area contributed by atoms with Crippen LogP contribution in [0.25, 0.3) is 0 Å². The van der Waals surface area contributed by atoms with E-state index in [1.54, 1.807) is 20.8 Å². The van der Waals surface area contributed by atoms with Crippen LogP contribution in [-0.2, 0) is 19.1 Å². The van der Waals surface area contributed by atoms with Crippen molar-refractivity contribution in [2.75, 3.05) is 25.5 Å². The van der Waals surface area contributed by atoms with Crippen molar-refractivity contribution in [2.24, 2.45) is 17.6 Å². The molecule has 0 aliphatic rings. The number of rotatable bonds is 14. The Morgan fingerprint density at radius 1 is 0.930 bits per heavy atom. The van der Waals surface area contributed by atoms with Crippen LogP contribution >= 0.6 is 11.3 Å². The number of hydrogen-bond acceptors (Lipinski definition) is 8. The predicted molar refractivity (Wildman–Crippen MR) is 163 cm³/mol. The van der Waals surface area contributed by atoms with Gasteiger partial charge in [0.25, 0.3) is 5.91 Å². The first kappa shape index (κ1) is 35.4. The maximum atomic E-state index is 13.4. The second-order valence-electron chi connectivity index (χ2n) is 10.8. The molecule has 1 aromatic heterocycles. The molecule has 1 unspecified atom stereocenters. The van der Waals surface area contributed by atoms with Gasteiger partial charge in [-0.15, -0.1) is 11.3 Å². The fourth-order valence-electron chi connectivity index (χ4n) is 4.27. The van der Waals surface area contributed by atoms with Gasteiger partial charge in [-0.25, -0.2) is 9.18 Å². The summed E-state index contributed by atoms with van der Waals surface area (Å²) in [6, 6.07) is 4.05. The van der Waals surface area contributed by atoms with Gasteiger partial charge >= 0.3 is 5.97 Å². The van der Waals surface area contributed by atoms with E-state index in [9.17, 15) is 28.4 Å². The average Bonchev–Trinajstić information content (AvgIpc) is 3.29. The maximum Gasteiger partial charge on any atom is 0.341 e. The summed E-state index contributed by atoms with van der Waals surface area (Å²) in [6.45, 7) is 10.7. The second kappa shape index (κ2) is 16.1. The number of hydrogen-bond donors (Lipinski definition) is 5. The SMILES string of the molecule is CCC(C(=O)Nc1sc(C(=O)NCCNC(=O)[C@H](NC(=O)[C@H](N)C(C)C)C(C)C)c(C)c1C(=O)OC)c1ccc(F)cc1. The van der Waals surface area contributed by atoms with Gasteiger partial charge in [-0.05, 0) is 48.4 Å². The minimum atomic E-state index is -0.803. The van der Waals surface area contributed by atoms with Gasteiger partial charge in [-0.2, -0.15) is 0 Å². The van der Waals surface area contributed by atoms with E-state index in [1.165, 1.54) is 31.4 Å². The van der Waals surface area contributed by atoms with Crippen LogP contribution in [0.4, 0.5) is 9.39 Å². The summed E-state index contributed by atoms with van der Waals surface area (Å²) < 4.78 is 18.3. The highest BCUT2D eigenvalue weighted by Crippen LogP contribution is 2.35. The topological polar surface area (TPSA) is 169 Å². The van der Waals surface area contributed by atoms with E-state index < -0.39 is 53.4 Å². The third-order valence-electron chi connectivity index (χ3n) is 6.95. The third-order valence-corrected chi connectivity index (χ3v) is 8.16. The molecule has 0 aliphatic heterocycles. The van der Waals surface area contributed by atoms with Gasteiger partial charge in [0.15, 0.2) is 0 Å². The van der Waals surface area contributed by atoms with Crippen LogP contribution in [0.15, 0.2) is 24.3 Å². The minimum Gasteiger partial charge on any atom is -0.465 e. The monoisotopic (exact) mass is 619 g/mol. The molecule has 11 nitrogen and oxygen atoms in total. The maximum absolute atomic E-state index is 13.4. The Kier molecular flexibility index (Phi) is 13.3. The molecule has 0 bridgehead atoms. The first-order chi connectivity index (χ1) is 20.2. The molecule has 236 valence electrons. The second-order valence-corrected chi connectivity index (χ2v) is 11.8. The van der Waals surface area contributed by atoms with Crippen LogP contribution in [0, 0.1) is 24.6 Å². The van der Waals surface area contributed by atoms with Crippen LogP contribution in [0.5, 0.6) is 0 Å². The Morgan fingerprint density at radius 3 is 2.07 bits per heavy atom. The van der Waals surface area contributed by atoms with Gasteiger partial charge in [0.2, 0.25) is 17.7 Å². The molecule has 6 N–H and O–H groups in total. The number of carbonyl (C=O) groups excluding carboxylic acids is 5. The van der Waals surface area contributed by atoms with E-state index in [2.05, 4.69) is 21.3 Å². The molecular weight excluding hydrogens is 577 g/mol. The van der Waals surface area contributed by atoms with E-state index in [4.69, 9.17) is 10.5 Å². The van der Waals surface area contributed by atoms with Crippen molar-refractivity contribution in [3.63, 3.8) is 0 Å². The molecule has 0 spiro atoms. The van der Waals surface area contributed by atoms with Crippen LogP contribution in [-0.4, -0.2) is 61.9 Å². The number of nitrogens with one attached hydrogen (secondary N) is 4. The van der Waals surface area contributed by atoms with E-state index >= 15 is 0 Å². The molecule has 2 aromatic rings. The number of carbonyl (C=O) groups is 5. The summed E-state index contributed by atoms with van der Waals surface area (Å²) in [4.78, 5) is 64.1. The fourth-order valence-corrected chi connectivity index (χ4v) is 5.39. The highest BCUT2D eigenvalue weighted by molar-refractivity contribution is 7.18. The lowest BCUT2D eigenvalue weighted by Crippen LogP contribution is -2.55. The third kappa shape index (κ3) is 9.32. The molecule has 1 aromatic carbocycles. The normalized spacial score (nSPS) is 13.2. The Morgan fingerprint density at radius 2 is 1.53 bits per heavy atom. The quantitative estimate of drug-likeness (QED) is 0.160. The molecule has 13 heteroatoms. The molecule has 0 radical (unpaired) electrons. The van der Waals surface area contributed by atoms with Crippen molar-refractivity contribution in [1.82, 2.24) is 16.0 Å². The van der Waals surface area contributed by atoms with E-state index in [0.717, 1.165) is 11.3 Å². The highest BCUT2D eigenvalue weighted by Gasteiger charge is 2.29. The van der Waals surface area contributed by atoms with Gasteiger partial charge in [0.1, 0.15) is 16.9 Å². The molecule has 43 heavy (non-hydrogen) atoms. The van der Waals surface area contributed by atoms with Crippen molar-refractivity contribution < 1.29 is 33.1 Å². The van der Waals surface area contributed by atoms with Crippen molar-refractivity contribution in [2.45, 2.75) is 66.0 Å². The number of amides is 4. The van der Waals surface area contributed by atoms with Gasteiger partial charge in [0, 0.05) is 13.1 Å². The lowest BCUT2D eigenvalue weighted by Gasteiger charge is -2.24. The van der Waals surface area contributed by atoms with E-state index in [1.807, 2.05) is 20.8 Å². The fraction of sp³-hybridized carbons (Fsp3) is 0.500. The number of esters is 1. The number of thiophene rings is 1. The van der Waals surface area contributed by atoms with Crippen LogP contribution in [0.3, 0.4) is 0 Å². The summed E-state index contributed by atoms with van der Waals surface area (Å²) in [5, 5.41) is 11.0. The highest BCUT2D eigenvalue weighted by atomic mass is 32.1. The molecule has 4 amide bonds. The van der Waals surface area contributed by atoms with Crippen molar-refractivity contribution >= 4 is 45.9 Å². The summed E-state index contributed by atoms with van der Waals surface area (Å²) in [6.07, 6.45) is 0.417. The molecule has 0 saturated heterocycles. The minimum absolute atomic E-state index is 0.0587. The number of benzene rings is 1. The number of anilines is 1. The van der Waals surface area contributed by atoms with E-state index in [-0.39, 0.29) is 40.4 Å². The number of ether oxygens (including phenoxy) is 1. The average molecular weight is 620 g/mol. The van der Waals surface area contributed by atoms with Crippen molar-refractivity contribution in [3.8, 4) is 0 Å². The number of nitrogens with two attached hydrogens (primary N) is 1. The summed E-state index contributed by atoms with van der Waals surface area (Å²) in [5.74, 6) is -3.81. The Hall–Kier alpha value is -3.84. The first-order valence-electron chi connectivity index (χ1n) is 14.1. The zero-order chi connectivity index (χ0) is 32.4. The number of methoxy groups -OCH3 is 1. The van der Waals surface area contributed by atoms with Gasteiger partial charge in [-0.1, -0.05) is 46.8 Å². The Labute approximate surface area is 255 Å². The Balaban J connectivity index is 2.10. The lowest BCUT2D eigenvalue weighted by molar-refractivity contribution is -0.131. The summed E-state index contributed by atoms with van der Waals surface area (Å²) in [7, 11) is 1.20. The van der Waals surface area contributed by atoms with E-state index in [0.29, 0.717) is 17.5 Å². The van der Waals surface area contributed by atoms with Gasteiger partial charge in [0.05, 0.1) is 29.5 Å². The zero-order valence-corrected chi connectivity index (χ0v) is 26.4. The first-order valence-corrected chi connectivity index (χ1v) is 14.9. The van der Waals surface area contributed by atoms with Crippen LogP contribution < -0.4 is 27.0 Å². The van der Waals surface area contributed by atoms with Crippen molar-refractivity contribution in [3.05, 3.63) is 51.7 Å². The molecule has 2 rings (SSSR count). The van der Waals surface area contributed by atoms with Gasteiger partial charge < -0.3 is 31.7 Å². The molecule has 0 aliphatic carbocycles. The van der Waals surface area contributed by atoms with Crippen LogP contribution in [0.1, 0.15) is 78.1 Å². The molecular formula is C30H42FN5O6S. The van der Waals surface area contributed by atoms with Gasteiger partial charge in [-0.3, -0.25) is 19.2 Å². The number of halogens is 1. The molecule has 0 saturated carbocycles. The smallest absolute Gasteiger partial charge is 0.341 e. The zero-order valence-electron chi connectivity index (χ0n) is 25.6.